The van der Waals surface area contributed by atoms with Gasteiger partial charge in [-0.3, -0.25) is 4.79 Å². The Hall–Kier alpha value is -1.46. The first-order valence-electron chi connectivity index (χ1n) is 6.09. The van der Waals surface area contributed by atoms with E-state index in [0.717, 1.165) is 29.5 Å². The van der Waals surface area contributed by atoms with Gasteiger partial charge in [-0.15, -0.1) is 6.58 Å². The van der Waals surface area contributed by atoms with Crippen LogP contribution in [0.1, 0.15) is 0 Å². The molecule has 0 unspecified atom stereocenters. The van der Waals surface area contributed by atoms with Gasteiger partial charge in [0.2, 0.25) is 5.91 Å². The third-order valence-corrected chi connectivity index (χ3v) is 3.26. The van der Waals surface area contributed by atoms with Gasteiger partial charge >= 0.3 is 0 Å². The van der Waals surface area contributed by atoms with Crippen LogP contribution in [-0.4, -0.2) is 37.6 Å². The number of hydrogen-bond donors (Lipinski definition) is 2. The van der Waals surface area contributed by atoms with E-state index >= 15 is 0 Å². The molecule has 0 bridgehead atoms. The van der Waals surface area contributed by atoms with Crippen LogP contribution >= 0.6 is 11.8 Å². The highest BCUT2D eigenvalue weighted by Crippen LogP contribution is 2.16. The molecular weight excluding hydrogens is 260 g/mol. The maximum atomic E-state index is 11.7. The molecule has 0 aliphatic heterocycles. The van der Waals surface area contributed by atoms with Crippen LogP contribution < -0.4 is 15.4 Å². The van der Waals surface area contributed by atoms with E-state index in [1.165, 1.54) is 0 Å². The van der Waals surface area contributed by atoms with Crippen LogP contribution in [0.15, 0.2) is 36.9 Å². The lowest BCUT2D eigenvalue weighted by atomic mass is 10.3. The fourth-order valence-corrected chi connectivity index (χ4v) is 2.04. The molecule has 0 heterocycles. The predicted molar refractivity (Wildman–Crippen MR) is 82.0 cm³/mol. The molecule has 1 amide bonds. The number of amides is 1. The lowest BCUT2D eigenvalue weighted by molar-refractivity contribution is -0.115. The number of thioether (sulfide) groups is 1. The first-order chi connectivity index (χ1) is 9.26. The van der Waals surface area contributed by atoms with Crippen molar-refractivity contribution in [2.24, 2.45) is 0 Å². The maximum Gasteiger partial charge on any atom is 0.238 e. The van der Waals surface area contributed by atoms with E-state index in [0.29, 0.717) is 6.54 Å². The zero-order chi connectivity index (χ0) is 13.9. The third kappa shape index (κ3) is 6.88. The summed E-state index contributed by atoms with van der Waals surface area (Å²) in [6.07, 6.45) is 1.88. The summed E-state index contributed by atoms with van der Waals surface area (Å²) in [6, 6.07) is 7.30. The monoisotopic (exact) mass is 280 g/mol. The van der Waals surface area contributed by atoms with Crippen molar-refractivity contribution in [1.82, 2.24) is 5.32 Å². The van der Waals surface area contributed by atoms with Crippen molar-refractivity contribution >= 4 is 23.4 Å². The number of hydrogen-bond acceptors (Lipinski definition) is 4. The first-order valence-corrected chi connectivity index (χ1v) is 7.25. The van der Waals surface area contributed by atoms with Gasteiger partial charge in [0, 0.05) is 29.8 Å². The number of carbonyl (C=O) groups is 1. The highest BCUT2D eigenvalue weighted by molar-refractivity contribution is 7.99. The molecule has 0 aliphatic carbocycles. The van der Waals surface area contributed by atoms with E-state index in [4.69, 9.17) is 4.74 Å². The summed E-state index contributed by atoms with van der Waals surface area (Å²) in [6.45, 7) is 4.77. The molecular formula is C14H20N2O2S. The number of methoxy groups -OCH3 is 1. The van der Waals surface area contributed by atoms with Gasteiger partial charge < -0.3 is 15.4 Å². The molecule has 1 aromatic carbocycles. The number of rotatable bonds is 9. The molecule has 4 nitrogen and oxygen atoms in total. The normalized spacial score (nSPS) is 9.95. The van der Waals surface area contributed by atoms with Crippen LogP contribution in [0.4, 0.5) is 5.69 Å². The molecule has 0 spiro atoms. The zero-order valence-corrected chi connectivity index (χ0v) is 12.0. The largest absolute Gasteiger partial charge is 0.497 e. The van der Waals surface area contributed by atoms with E-state index < -0.39 is 0 Å². The van der Waals surface area contributed by atoms with Gasteiger partial charge in [0.25, 0.3) is 0 Å². The Morgan fingerprint density at radius 2 is 2.37 bits per heavy atom. The van der Waals surface area contributed by atoms with E-state index in [-0.39, 0.29) is 5.91 Å². The molecule has 0 fully saturated rings. The van der Waals surface area contributed by atoms with Gasteiger partial charge in [-0.1, -0.05) is 12.1 Å². The van der Waals surface area contributed by atoms with Crippen molar-refractivity contribution < 1.29 is 9.53 Å². The standard InChI is InChI=1S/C14H20N2O2S/c1-3-8-19-9-7-15-11-14(17)16-12-5-4-6-13(10-12)18-2/h3-6,10,15H,1,7-9,11H2,2H3,(H,16,17). The van der Waals surface area contributed by atoms with Crippen LogP contribution in [0.3, 0.4) is 0 Å². The summed E-state index contributed by atoms with van der Waals surface area (Å²) < 4.78 is 5.09. The Bertz CT molecular complexity index is 410. The highest BCUT2D eigenvalue weighted by atomic mass is 32.2. The van der Waals surface area contributed by atoms with Crippen LogP contribution in [-0.2, 0) is 4.79 Å². The van der Waals surface area contributed by atoms with Gasteiger partial charge in [-0.25, -0.2) is 0 Å². The Balaban J connectivity index is 2.21. The van der Waals surface area contributed by atoms with Gasteiger partial charge in [-0.05, 0) is 12.1 Å². The van der Waals surface area contributed by atoms with Crippen molar-refractivity contribution in [2.75, 3.05) is 37.0 Å². The molecule has 0 aliphatic rings. The van der Waals surface area contributed by atoms with Crippen molar-refractivity contribution in [3.05, 3.63) is 36.9 Å². The Morgan fingerprint density at radius 1 is 1.53 bits per heavy atom. The summed E-state index contributed by atoms with van der Waals surface area (Å²) in [5.74, 6) is 2.59. The summed E-state index contributed by atoms with van der Waals surface area (Å²) in [5, 5.41) is 5.91. The van der Waals surface area contributed by atoms with E-state index in [1.807, 2.05) is 24.3 Å². The number of nitrogens with one attached hydrogen (secondary N) is 2. The average molecular weight is 280 g/mol. The SMILES string of the molecule is C=CCSCCNCC(=O)Nc1cccc(OC)c1. The Morgan fingerprint density at radius 3 is 3.11 bits per heavy atom. The van der Waals surface area contributed by atoms with Crippen molar-refractivity contribution in [3.63, 3.8) is 0 Å². The molecule has 19 heavy (non-hydrogen) atoms. The van der Waals surface area contributed by atoms with Crippen LogP contribution in [0.2, 0.25) is 0 Å². The minimum Gasteiger partial charge on any atom is -0.497 e. The quantitative estimate of drug-likeness (QED) is 0.537. The number of carbonyl (C=O) groups excluding carboxylic acids is 1. The summed E-state index contributed by atoms with van der Waals surface area (Å²) in [7, 11) is 1.60. The van der Waals surface area contributed by atoms with Crippen LogP contribution in [0.25, 0.3) is 0 Å². The van der Waals surface area contributed by atoms with Gasteiger partial charge in [0.05, 0.1) is 13.7 Å². The molecule has 104 valence electrons. The third-order valence-electron chi connectivity index (χ3n) is 2.30. The Kier molecular flexibility index (Phi) is 7.77. The molecule has 2 N–H and O–H groups in total. The summed E-state index contributed by atoms with van der Waals surface area (Å²) in [4.78, 5) is 11.7. The lowest BCUT2D eigenvalue weighted by Crippen LogP contribution is -2.29. The van der Waals surface area contributed by atoms with Gasteiger partial charge in [-0.2, -0.15) is 11.8 Å². The first kappa shape index (κ1) is 15.6. The zero-order valence-electron chi connectivity index (χ0n) is 11.1. The molecule has 0 atom stereocenters. The predicted octanol–water partition coefficient (Wildman–Crippen LogP) is 2.14. The summed E-state index contributed by atoms with van der Waals surface area (Å²) in [5.41, 5.74) is 0.743. The second-order valence-electron chi connectivity index (χ2n) is 3.82. The number of benzene rings is 1. The number of anilines is 1. The minimum absolute atomic E-state index is 0.0537. The van der Waals surface area contributed by atoms with E-state index in [1.54, 1.807) is 24.9 Å². The average Bonchev–Trinajstić information content (AvgIpc) is 2.43. The summed E-state index contributed by atoms with van der Waals surface area (Å²) >= 11 is 1.79. The fourth-order valence-electron chi connectivity index (χ4n) is 1.42. The van der Waals surface area contributed by atoms with E-state index in [2.05, 4.69) is 17.2 Å². The van der Waals surface area contributed by atoms with Gasteiger partial charge in [0.15, 0.2) is 0 Å². The van der Waals surface area contributed by atoms with Crippen molar-refractivity contribution in [3.8, 4) is 5.75 Å². The second kappa shape index (κ2) is 9.47. The molecule has 0 radical (unpaired) electrons. The molecule has 0 saturated carbocycles. The van der Waals surface area contributed by atoms with Crippen LogP contribution in [0, 0.1) is 0 Å². The molecule has 1 aromatic rings. The topological polar surface area (TPSA) is 50.4 Å². The Labute approximate surface area is 118 Å². The second-order valence-corrected chi connectivity index (χ2v) is 4.97. The van der Waals surface area contributed by atoms with Crippen LogP contribution in [0.5, 0.6) is 5.75 Å². The number of ether oxygens (including phenoxy) is 1. The van der Waals surface area contributed by atoms with Crippen molar-refractivity contribution in [2.45, 2.75) is 0 Å². The molecule has 5 heteroatoms. The smallest absolute Gasteiger partial charge is 0.238 e. The minimum atomic E-state index is -0.0537. The maximum absolute atomic E-state index is 11.7. The highest BCUT2D eigenvalue weighted by Gasteiger charge is 2.02. The molecule has 0 saturated heterocycles. The fraction of sp³-hybridized carbons (Fsp3) is 0.357. The van der Waals surface area contributed by atoms with Crippen molar-refractivity contribution in [1.29, 1.82) is 0 Å². The van der Waals surface area contributed by atoms with Gasteiger partial charge in [0.1, 0.15) is 5.75 Å². The lowest BCUT2D eigenvalue weighted by Gasteiger charge is -2.07. The van der Waals surface area contributed by atoms with E-state index in [9.17, 15) is 4.79 Å². The molecule has 1 rings (SSSR count). The molecule has 0 aromatic heterocycles.